The highest BCUT2D eigenvalue weighted by atomic mass is 19.1. The van der Waals surface area contributed by atoms with Crippen molar-refractivity contribution in [1.82, 2.24) is 5.32 Å². The lowest BCUT2D eigenvalue weighted by Gasteiger charge is -2.20. The first-order valence-corrected chi connectivity index (χ1v) is 7.00. The van der Waals surface area contributed by atoms with Gasteiger partial charge in [-0.25, -0.2) is 4.39 Å². The molecule has 1 aliphatic carbocycles. The first kappa shape index (κ1) is 14.3. The van der Waals surface area contributed by atoms with Crippen LogP contribution in [0.1, 0.15) is 25.3 Å². The molecule has 1 fully saturated rings. The van der Waals surface area contributed by atoms with Gasteiger partial charge in [0.05, 0.1) is 6.61 Å². The van der Waals surface area contributed by atoms with E-state index in [1.807, 2.05) is 24.9 Å². The molecule has 4 heteroatoms. The minimum atomic E-state index is -0.173. The van der Waals surface area contributed by atoms with Gasteiger partial charge in [0.2, 0.25) is 0 Å². The highest BCUT2D eigenvalue weighted by molar-refractivity contribution is 5.48. The lowest BCUT2D eigenvalue weighted by Crippen LogP contribution is -2.23. The number of likely N-dealkylation sites (N-methyl/N-ethyl adjacent to an activating group) is 1. The molecule has 2 rings (SSSR count). The highest BCUT2D eigenvalue weighted by Crippen LogP contribution is 2.21. The zero-order valence-corrected chi connectivity index (χ0v) is 11.8. The molecule has 0 saturated heterocycles. The van der Waals surface area contributed by atoms with Crippen LogP contribution in [0.5, 0.6) is 0 Å². The predicted octanol–water partition coefficient (Wildman–Crippen LogP) is 2.55. The van der Waals surface area contributed by atoms with E-state index in [0.717, 1.165) is 24.3 Å². The Kier molecular flexibility index (Phi) is 5.16. The van der Waals surface area contributed by atoms with Crippen LogP contribution in [0.25, 0.3) is 0 Å². The quantitative estimate of drug-likeness (QED) is 0.732. The van der Waals surface area contributed by atoms with Crippen LogP contribution in [-0.4, -0.2) is 32.8 Å². The van der Waals surface area contributed by atoms with Crippen molar-refractivity contribution in [1.29, 1.82) is 0 Å². The number of anilines is 1. The van der Waals surface area contributed by atoms with E-state index in [9.17, 15) is 4.39 Å². The molecule has 1 saturated carbocycles. The summed E-state index contributed by atoms with van der Waals surface area (Å²) in [6.07, 6.45) is 2.49. The largest absolute Gasteiger partial charge is 0.380 e. The summed E-state index contributed by atoms with van der Waals surface area (Å²) < 4.78 is 19.0. The van der Waals surface area contributed by atoms with Gasteiger partial charge >= 0.3 is 0 Å². The van der Waals surface area contributed by atoms with Gasteiger partial charge < -0.3 is 15.0 Å². The molecule has 1 aromatic rings. The molecule has 1 N–H and O–H groups in total. The highest BCUT2D eigenvalue weighted by Gasteiger charge is 2.20. The zero-order chi connectivity index (χ0) is 13.7. The molecule has 0 amide bonds. The van der Waals surface area contributed by atoms with Gasteiger partial charge in [-0.05, 0) is 43.5 Å². The Morgan fingerprint density at radius 3 is 2.84 bits per heavy atom. The molecule has 19 heavy (non-hydrogen) atoms. The van der Waals surface area contributed by atoms with Crippen molar-refractivity contribution >= 4 is 5.69 Å². The Labute approximate surface area is 114 Å². The molecule has 0 heterocycles. The second-order valence-corrected chi connectivity index (χ2v) is 5.09. The third-order valence-electron chi connectivity index (χ3n) is 3.33. The molecule has 1 aliphatic rings. The Morgan fingerprint density at radius 2 is 2.16 bits per heavy atom. The molecule has 0 aliphatic heterocycles. The van der Waals surface area contributed by atoms with Crippen LogP contribution >= 0.6 is 0 Å². The van der Waals surface area contributed by atoms with Gasteiger partial charge in [-0.15, -0.1) is 0 Å². The van der Waals surface area contributed by atoms with Gasteiger partial charge in [-0.3, -0.25) is 0 Å². The minimum absolute atomic E-state index is 0.173. The summed E-state index contributed by atoms with van der Waals surface area (Å²) in [5.41, 5.74) is 1.91. The van der Waals surface area contributed by atoms with Gasteiger partial charge in [-0.2, -0.15) is 0 Å². The lowest BCUT2D eigenvalue weighted by molar-refractivity contribution is 0.154. The fourth-order valence-corrected chi connectivity index (χ4v) is 1.98. The maximum Gasteiger partial charge on any atom is 0.125 e. The molecule has 0 radical (unpaired) electrons. The molecule has 3 nitrogen and oxygen atoms in total. The van der Waals surface area contributed by atoms with Gasteiger partial charge in [0.15, 0.2) is 0 Å². The van der Waals surface area contributed by atoms with Crippen molar-refractivity contribution in [2.45, 2.75) is 32.4 Å². The number of benzene rings is 1. The third kappa shape index (κ3) is 4.80. The minimum Gasteiger partial charge on any atom is -0.380 e. The maximum atomic E-state index is 13.6. The second-order valence-electron chi connectivity index (χ2n) is 5.09. The Bertz CT molecular complexity index is 407. The number of halogens is 1. The van der Waals surface area contributed by atoms with Crippen LogP contribution in [0.3, 0.4) is 0 Å². The molecule has 106 valence electrons. The summed E-state index contributed by atoms with van der Waals surface area (Å²) >= 11 is 0. The summed E-state index contributed by atoms with van der Waals surface area (Å²) in [5, 5.41) is 3.41. The molecular weight excluding hydrogens is 243 g/mol. The van der Waals surface area contributed by atoms with Crippen LogP contribution in [0.15, 0.2) is 18.2 Å². The number of nitrogens with zero attached hydrogens (tertiary/aromatic N) is 1. The molecule has 0 bridgehead atoms. The zero-order valence-electron chi connectivity index (χ0n) is 11.8. The number of hydrogen-bond donors (Lipinski definition) is 1. The molecule has 0 atom stereocenters. The first-order chi connectivity index (χ1) is 9.19. The van der Waals surface area contributed by atoms with E-state index in [2.05, 4.69) is 5.32 Å². The molecule has 1 aromatic carbocycles. The SMILES string of the molecule is CCOCCN(C)c1cc(F)cc(CNC2CC2)c1. The molecule has 0 aromatic heterocycles. The van der Waals surface area contributed by atoms with Gasteiger partial charge in [0.1, 0.15) is 5.82 Å². The van der Waals surface area contributed by atoms with Crippen molar-refractivity contribution in [2.24, 2.45) is 0 Å². The molecule has 0 spiro atoms. The van der Waals surface area contributed by atoms with E-state index in [-0.39, 0.29) is 5.82 Å². The fraction of sp³-hybridized carbons (Fsp3) is 0.600. The van der Waals surface area contributed by atoms with Crippen LogP contribution in [0.4, 0.5) is 10.1 Å². The van der Waals surface area contributed by atoms with Crippen molar-refractivity contribution in [3.05, 3.63) is 29.6 Å². The first-order valence-electron chi connectivity index (χ1n) is 7.00. The average Bonchev–Trinajstić information content (AvgIpc) is 3.20. The number of rotatable bonds is 8. The van der Waals surface area contributed by atoms with E-state index in [4.69, 9.17) is 4.74 Å². The topological polar surface area (TPSA) is 24.5 Å². The normalized spacial score (nSPS) is 14.7. The molecule has 0 unspecified atom stereocenters. The molecular formula is C15H23FN2O. The Hall–Kier alpha value is -1.13. The summed E-state index contributed by atoms with van der Waals surface area (Å²) in [4.78, 5) is 2.03. The summed E-state index contributed by atoms with van der Waals surface area (Å²) in [7, 11) is 1.96. The van der Waals surface area contributed by atoms with E-state index in [1.54, 1.807) is 12.1 Å². The van der Waals surface area contributed by atoms with E-state index in [1.165, 1.54) is 12.8 Å². The van der Waals surface area contributed by atoms with Crippen LogP contribution in [0.2, 0.25) is 0 Å². The van der Waals surface area contributed by atoms with E-state index in [0.29, 0.717) is 19.3 Å². The Balaban J connectivity index is 1.93. The number of hydrogen-bond acceptors (Lipinski definition) is 3. The lowest BCUT2D eigenvalue weighted by atomic mass is 10.1. The summed E-state index contributed by atoms with van der Waals surface area (Å²) in [5.74, 6) is -0.173. The monoisotopic (exact) mass is 266 g/mol. The third-order valence-corrected chi connectivity index (χ3v) is 3.33. The second kappa shape index (κ2) is 6.87. The van der Waals surface area contributed by atoms with Crippen molar-refractivity contribution in [2.75, 3.05) is 31.7 Å². The smallest absolute Gasteiger partial charge is 0.125 e. The summed E-state index contributed by atoms with van der Waals surface area (Å²) in [6.45, 7) is 4.87. The van der Waals surface area contributed by atoms with Gasteiger partial charge in [-0.1, -0.05) is 0 Å². The van der Waals surface area contributed by atoms with Crippen LogP contribution in [-0.2, 0) is 11.3 Å². The maximum absolute atomic E-state index is 13.6. The van der Waals surface area contributed by atoms with E-state index < -0.39 is 0 Å². The van der Waals surface area contributed by atoms with Crippen LogP contribution < -0.4 is 10.2 Å². The van der Waals surface area contributed by atoms with Crippen molar-refractivity contribution < 1.29 is 9.13 Å². The van der Waals surface area contributed by atoms with Gasteiger partial charge in [0, 0.05) is 38.5 Å². The number of nitrogens with one attached hydrogen (secondary N) is 1. The predicted molar refractivity (Wildman–Crippen MR) is 76.0 cm³/mol. The van der Waals surface area contributed by atoms with Gasteiger partial charge in [0.25, 0.3) is 0 Å². The standard InChI is InChI=1S/C15H23FN2O/c1-3-19-7-6-18(2)15-9-12(8-13(16)10-15)11-17-14-4-5-14/h8-10,14,17H,3-7,11H2,1-2H3. The average molecular weight is 266 g/mol. The van der Waals surface area contributed by atoms with Crippen molar-refractivity contribution in [3.8, 4) is 0 Å². The van der Waals surface area contributed by atoms with Crippen molar-refractivity contribution in [3.63, 3.8) is 0 Å². The van der Waals surface area contributed by atoms with Crippen LogP contribution in [0, 0.1) is 5.82 Å². The fourth-order valence-electron chi connectivity index (χ4n) is 1.98. The Morgan fingerprint density at radius 1 is 1.37 bits per heavy atom. The van der Waals surface area contributed by atoms with E-state index >= 15 is 0 Å². The summed E-state index contributed by atoms with van der Waals surface area (Å²) in [6, 6.07) is 5.87. The number of ether oxygens (including phenoxy) is 1.